The summed E-state index contributed by atoms with van der Waals surface area (Å²) in [6.07, 6.45) is 0.462. The van der Waals surface area contributed by atoms with Crippen molar-refractivity contribution in [2.75, 3.05) is 32.7 Å². The zero-order valence-electron chi connectivity index (χ0n) is 13.3. The van der Waals surface area contributed by atoms with Crippen LogP contribution in [0.3, 0.4) is 0 Å². The minimum absolute atomic E-state index is 0.0538. The van der Waals surface area contributed by atoms with Gasteiger partial charge in [-0.05, 0) is 12.5 Å². The van der Waals surface area contributed by atoms with Gasteiger partial charge in [-0.2, -0.15) is 0 Å². The molecule has 0 aliphatic carbocycles. The molecule has 124 valence electrons. The lowest BCUT2D eigenvalue weighted by molar-refractivity contribution is 0.0520. The van der Waals surface area contributed by atoms with Crippen LogP contribution in [0, 0.1) is 0 Å². The summed E-state index contributed by atoms with van der Waals surface area (Å²) < 4.78 is 0. The quantitative estimate of drug-likeness (QED) is 0.901. The van der Waals surface area contributed by atoms with Crippen LogP contribution in [0.15, 0.2) is 24.3 Å². The van der Waals surface area contributed by atoms with Crippen molar-refractivity contribution in [2.24, 2.45) is 0 Å². The van der Waals surface area contributed by atoms with E-state index in [9.17, 15) is 9.90 Å². The van der Waals surface area contributed by atoms with Crippen LogP contribution in [0.25, 0.3) is 10.9 Å². The Balaban J connectivity index is 1.68. The average molecular weight is 336 g/mol. The second kappa shape index (κ2) is 6.91. The van der Waals surface area contributed by atoms with Gasteiger partial charge in [-0.25, -0.2) is 0 Å². The van der Waals surface area contributed by atoms with Gasteiger partial charge < -0.3 is 15.0 Å². The smallest absolute Gasteiger partial charge is 0.271 e. The molecule has 1 saturated heterocycles. The van der Waals surface area contributed by atoms with Gasteiger partial charge in [0.15, 0.2) is 0 Å². The first-order valence-corrected chi connectivity index (χ1v) is 8.43. The van der Waals surface area contributed by atoms with Crippen LogP contribution in [0.4, 0.5) is 0 Å². The highest BCUT2D eigenvalue weighted by Gasteiger charge is 2.26. The number of para-hydroxylation sites is 1. The predicted molar refractivity (Wildman–Crippen MR) is 92.0 cm³/mol. The van der Waals surface area contributed by atoms with Crippen LogP contribution < -0.4 is 0 Å². The summed E-state index contributed by atoms with van der Waals surface area (Å²) in [6.45, 7) is 5.51. The zero-order chi connectivity index (χ0) is 16.4. The molecule has 5 nitrogen and oxygen atoms in total. The lowest BCUT2D eigenvalue weighted by atomic mass is 10.2. The Hall–Kier alpha value is -1.56. The topological polar surface area (TPSA) is 59.6 Å². The number of aromatic nitrogens is 1. The molecule has 1 atom stereocenters. The molecule has 1 aromatic carbocycles. The highest BCUT2D eigenvalue weighted by molar-refractivity contribution is 6.38. The fourth-order valence-corrected chi connectivity index (χ4v) is 3.27. The van der Waals surface area contributed by atoms with Gasteiger partial charge in [0, 0.05) is 43.6 Å². The molecule has 0 spiro atoms. The van der Waals surface area contributed by atoms with Gasteiger partial charge in [-0.3, -0.25) is 9.69 Å². The number of nitrogens with zero attached hydrogens (tertiary/aromatic N) is 2. The standard InChI is InChI=1S/C17H22ClN3O2/c1-2-12(22)11-20-7-9-21(10-8-20)17(23)16-15(18)13-5-3-4-6-14(13)19-16/h3-6,12,19,22H,2,7-11H2,1H3/t12-/m1/s1. The maximum absolute atomic E-state index is 12.7. The predicted octanol–water partition coefficient (Wildman–Crippen LogP) is 2.35. The van der Waals surface area contributed by atoms with E-state index in [2.05, 4.69) is 9.88 Å². The Morgan fingerprint density at radius 2 is 2.00 bits per heavy atom. The second-order valence-electron chi connectivity index (χ2n) is 6.01. The van der Waals surface area contributed by atoms with E-state index >= 15 is 0 Å². The number of rotatable bonds is 4. The number of hydrogen-bond donors (Lipinski definition) is 2. The van der Waals surface area contributed by atoms with E-state index in [4.69, 9.17) is 11.6 Å². The summed E-state index contributed by atoms with van der Waals surface area (Å²) in [5.41, 5.74) is 1.35. The van der Waals surface area contributed by atoms with Crippen LogP contribution >= 0.6 is 11.6 Å². The molecule has 2 aromatic rings. The third-order valence-electron chi connectivity index (χ3n) is 4.46. The molecule has 0 unspecified atom stereocenters. The van der Waals surface area contributed by atoms with Gasteiger partial charge in [0.1, 0.15) is 5.69 Å². The van der Waals surface area contributed by atoms with Gasteiger partial charge in [-0.1, -0.05) is 36.7 Å². The summed E-state index contributed by atoms with van der Waals surface area (Å²) in [5.74, 6) is -0.0538. The van der Waals surface area contributed by atoms with Crippen LogP contribution in [-0.2, 0) is 0 Å². The summed E-state index contributed by atoms with van der Waals surface area (Å²) in [6, 6.07) is 7.66. The Labute approximate surface area is 140 Å². The van der Waals surface area contributed by atoms with Crippen molar-refractivity contribution in [3.8, 4) is 0 Å². The highest BCUT2D eigenvalue weighted by Crippen LogP contribution is 2.28. The SMILES string of the molecule is CC[C@@H](O)CN1CCN(C(=O)c2[nH]c3ccccc3c2Cl)CC1. The monoisotopic (exact) mass is 335 g/mol. The van der Waals surface area contributed by atoms with Gasteiger partial charge in [0.25, 0.3) is 5.91 Å². The largest absolute Gasteiger partial charge is 0.392 e. The molecule has 1 aromatic heterocycles. The number of piperazine rings is 1. The number of aliphatic hydroxyl groups is 1. The maximum atomic E-state index is 12.7. The molecule has 0 radical (unpaired) electrons. The summed E-state index contributed by atoms with van der Waals surface area (Å²) in [7, 11) is 0. The normalized spacial score (nSPS) is 17.6. The number of carbonyl (C=O) groups excluding carboxylic acids is 1. The van der Waals surface area contributed by atoms with Crippen LogP contribution in [0.2, 0.25) is 5.02 Å². The van der Waals surface area contributed by atoms with Crippen molar-refractivity contribution in [1.82, 2.24) is 14.8 Å². The number of benzene rings is 1. The number of nitrogens with one attached hydrogen (secondary N) is 1. The Kier molecular flexibility index (Phi) is 4.90. The Morgan fingerprint density at radius 3 is 2.65 bits per heavy atom. The third kappa shape index (κ3) is 3.37. The van der Waals surface area contributed by atoms with Crippen molar-refractivity contribution >= 4 is 28.4 Å². The molecule has 1 aliphatic heterocycles. The number of aromatic amines is 1. The number of carbonyl (C=O) groups is 1. The number of fused-ring (bicyclic) bond motifs is 1. The number of amides is 1. The number of β-amino-alcohol motifs (C(OH)–C–C–N with tert-alkyl or cyclic N) is 1. The number of hydrogen-bond acceptors (Lipinski definition) is 3. The minimum atomic E-state index is -0.291. The van der Waals surface area contributed by atoms with Crippen LogP contribution in [0.1, 0.15) is 23.8 Å². The van der Waals surface area contributed by atoms with Gasteiger partial charge >= 0.3 is 0 Å². The van der Waals surface area contributed by atoms with Crippen LogP contribution in [-0.4, -0.2) is 64.6 Å². The summed E-state index contributed by atoms with van der Waals surface area (Å²) in [4.78, 5) is 19.9. The molecule has 2 N–H and O–H groups in total. The number of aliphatic hydroxyl groups excluding tert-OH is 1. The van der Waals surface area contributed by atoms with Crippen molar-refractivity contribution in [1.29, 1.82) is 0 Å². The second-order valence-corrected chi connectivity index (χ2v) is 6.39. The van der Waals surface area contributed by atoms with Crippen LogP contribution in [0.5, 0.6) is 0 Å². The van der Waals surface area contributed by atoms with E-state index in [1.807, 2.05) is 36.1 Å². The van der Waals surface area contributed by atoms with Crippen molar-refractivity contribution in [3.63, 3.8) is 0 Å². The average Bonchev–Trinajstić information content (AvgIpc) is 2.92. The van der Waals surface area contributed by atoms with E-state index in [-0.39, 0.29) is 12.0 Å². The van der Waals surface area contributed by atoms with E-state index in [0.717, 1.165) is 30.4 Å². The van der Waals surface area contributed by atoms with Gasteiger partial charge in [0.2, 0.25) is 0 Å². The fraction of sp³-hybridized carbons (Fsp3) is 0.471. The fourth-order valence-electron chi connectivity index (χ4n) is 2.97. The number of H-pyrrole nitrogens is 1. The van der Waals surface area contributed by atoms with E-state index in [1.165, 1.54) is 0 Å². The van der Waals surface area contributed by atoms with E-state index in [1.54, 1.807) is 0 Å². The summed E-state index contributed by atoms with van der Waals surface area (Å²) in [5, 5.41) is 11.1. The first-order valence-electron chi connectivity index (χ1n) is 8.06. The molecule has 1 fully saturated rings. The Bertz CT molecular complexity index is 692. The lowest BCUT2D eigenvalue weighted by Gasteiger charge is -2.35. The molecule has 23 heavy (non-hydrogen) atoms. The zero-order valence-corrected chi connectivity index (χ0v) is 14.0. The minimum Gasteiger partial charge on any atom is -0.392 e. The number of halogens is 1. The summed E-state index contributed by atoms with van der Waals surface area (Å²) >= 11 is 6.37. The third-order valence-corrected chi connectivity index (χ3v) is 4.85. The molecular formula is C17H22ClN3O2. The van der Waals surface area contributed by atoms with Gasteiger partial charge in [-0.15, -0.1) is 0 Å². The molecule has 2 heterocycles. The van der Waals surface area contributed by atoms with E-state index < -0.39 is 0 Å². The molecule has 6 heteroatoms. The Morgan fingerprint density at radius 1 is 1.30 bits per heavy atom. The van der Waals surface area contributed by atoms with E-state index in [0.29, 0.717) is 30.4 Å². The van der Waals surface area contributed by atoms with Gasteiger partial charge in [0.05, 0.1) is 11.1 Å². The molecule has 1 amide bonds. The molecule has 3 rings (SSSR count). The molecule has 1 aliphatic rings. The first-order chi connectivity index (χ1) is 11.1. The molecular weight excluding hydrogens is 314 g/mol. The first kappa shape index (κ1) is 16.3. The molecule has 0 saturated carbocycles. The van der Waals surface area contributed by atoms with Crippen molar-refractivity contribution in [3.05, 3.63) is 35.0 Å². The maximum Gasteiger partial charge on any atom is 0.271 e. The lowest BCUT2D eigenvalue weighted by Crippen LogP contribution is -2.50. The highest BCUT2D eigenvalue weighted by atomic mass is 35.5. The van der Waals surface area contributed by atoms with Crippen molar-refractivity contribution in [2.45, 2.75) is 19.4 Å². The molecule has 0 bridgehead atoms. The van der Waals surface area contributed by atoms with Crippen molar-refractivity contribution < 1.29 is 9.90 Å².